The third kappa shape index (κ3) is 4.78. The van der Waals surface area contributed by atoms with Crippen LogP contribution < -0.4 is 0 Å². The maximum atomic E-state index is 12.4. The first-order chi connectivity index (χ1) is 13.6. The number of likely N-dealkylation sites (N-methyl/N-ethyl adjacent to an activating group) is 1. The second kappa shape index (κ2) is 9.19. The smallest absolute Gasteiger partial charge is 0.338 e. The lowest BCUT2D eigenvalue weighted by atomic mass is 10.2. The molecule has 0 atom stereocenters. The maximum Gasteiger partial charge on any atom is 0.338 e. The number of rotatable bonds is 5. The Kier molecular flexibility index (Phi) is 6.45. The molecule has 0 N–H and O–H groups in total. The van der Waals surface area contributed by atoms with E-state index in [-0.39, 0.29) is 11.9 Å². The summed E-state index contributed by atoms with van der Waals surface area (Å²) >= 11 is 1.32. The maximum absolute atomic E-state index is 12.4. The number of aliphatic imine (C=N–C) groups is 1. The first kappa shape index (κ1) is 19.6. The predicted molar refractivity (Wildman–Crippen MR) is 113 cm³/mol. The minimum absolute atomic E-state index is 0.0930. The molecule has 2 aromatic rings. The average molecular weight is 392 g/mol. The van der Waals surface area contributed by atoms with Crippen molar-refractivity contribution in [3.8, 4) is 0 Å². The largest absolute Gasteiger partial charge is 0.462 e. The summed E-state index contributed by atoms with van der Waals surface area (Å²) < 4.78 is 4.97. The number of ether oxygens (including phenoxy) is 1. The van der Waals surface area contributed by atoms with Gasteiger partial charge in [0.25, 0.3) is 5.91 Å². The number of allylic oxidation sites excluding steroid dienone is 2. The number of amidine groups is 1. The molecule has 1 saturated heterocycles. The molecule has 0 bridgehead atoms. The summed E-state index contributed by atoms with van der Waals surface area (Å²) in [5, 5.41) is 0.591. The van der Waals surface area contributed by atoms with Gasteiger partial charge in [-0.3, -0.25) is 9.69 Å². The molecular weight excluding hydrogens is 372 g/mol. The molecule has 0 spiro atoms. The Balaban J connectivity index is 1.73. The molecule has 1 amide bonds. The lowest BCUT2D eigenvalue weighted by molar-refractivity contribution is -0.121. The van der Waals surface area contributed by atoms with E-state index in [0.717, 1.165) is 5.56 Å². The monoisotopic (exact) mass is 392 g/mol. The fourth-order valence-electron chi connectivity index (χ4n) is 2.47. The Morgan fingerprint density at radius 1 is 1.14 bits per heavy atom. The normalized spacial score (nSPS) is 17.1. The van der Waals surface area contributed by atoms with Crippen LogP contribution in [0.4, 0.5) is 5.69 Å². The fraction of sp³-hybridized carbons (Fsp3) is 0.136. The standard InChI is InChI=1S/C22H20N2O3S/c1-3-27-21(26)17-12-14-18(15-13-17)23-22-24(2)20(25)19(28-22)11-7-10-16-8-5-4-6-9-16/h4-15H,3H2,1-2H3. The zero-order valence-corrected chi connectivity index (χ0v) is 16.5. The molecule has 6 heteroatoms. The van der Waals surface area contributed by atoms with E-state index >= 15 is 0 Å². The van der Waals surface area contributed by atoms with E-state index in [4.69, 9.17) is 4.74 Å². The fourth-order valence-corrected chi connectivity index (χ4v) is 3.41. The Morgan fingerprint density at radius 3 is 2.54 bits per heavy atom. The van der Waals surface area contributed by atoms with Crippen molar-refractivity contribution in [2.45, 2.75) is 6.92 Å². The van der Waals surface area contributed by atoms with Gasteiger partial charge >= 0.3 is 5.97 Å². The highest BCUT2D eigenvalue weighted by atomic mass is 32.2. The Morgan fingerprint density at radius 2 is 1.86 bits per heavy atom. The second-order valence-electron chi connectivity index (χ2n) is 5.93. The Bertz CT molecular complexity index is 948. The van der Waals surface area contributed by atoms with Gasteiger partial charge in [0.15, 0.2) is 5.17 Å². The zero-order valence-electron chi connectivity index (χ0n) is 15.7. The molecule has 1 fully saturated rings. The van der Waals surface area contributed by atoms with Gasteiger partial charge in [-0.2, -0.15) is 0 Å². The van der Waals surface area contributed by atoms with Crippen molar-refractivity contribution in [1.82, 2.24) is 4.90 Å². The van der Waals surface area contributed by atoms with Gasteiger partial charge in [-0.1, -0.05) is 42.5 Å². The van der Waals surface area contributed by atoms with Gasteiger partial charge in [0.2, 0.25) is 0 Å². The highest BCUT2D eigenvalue weighted by Crippen LogP contribution is 2.31. The molecule has 0 aliphatic carbocycles. The summed E-state index contributed by atoms with van der Waals surface area (Å²) in [4.78, 5) is 30.8. The van der Waals surface area contributed by atoms with Crippen LogP contribution in [0.3, 0.4) is 0 Å². The number of carbonyl (C=O) groups is 2. The highest BCUT2D eigenvalue weighted by molar-refractivity contribution is 8.18. The number of hydrogen-bond donors (Lipinski definition) is 0. The van der Waals surface area contributed by atoms with E-state index in [9.17, 15) is 9.59 Å². The van der Waals surface area contributed by atoms with Crippen LogP contribution in [-0.2, 0) is 9.53 Å². The molecular formula is C22H20N2O3S. The van der Waals surface area contributed by atoms with Gasteiger partial charge in [0.05, 0.1) is 22.8 Å². The van der Waals surface area contributed by atoms with E-state index < -0.39 is 0 Å². The Hall–Kier alpha value is -3.12. The number of thioether (sulfide) groups is 1. The van der Waals surface area contributed by atoms with E-state index in [0.29, 0.717) is 27.9 Å². The van der Waals surface area contributed by atoms with Crippen molar-refractivity contribution in [2.24, 2.45) is 4.99 Å². The van der Waals surface area contributed by atoms with E-state index in [1.165, 1.54) is 16.7 Å². The molecule has 5 nitrogen and oxygen atoms in total. The summed E-state index contributed by atoms with van der Waals surface area (Å²) in [5.74, 6) is -0.454. The molecule has 0 aromatic heterocycles. The molecule has 0 radical (unpaired) electrons. The third-order valence-corrected chi connectivity index (χ3v) is 5.02. The quantitative estimate of drug-likeness (QED) is 0.549. The number of amides is 1. The van der Waals surface area contributed by atoms with Gasteiger partial charge in [0, 0.05) is 7.05 Å². The van der Waals surface area contributed by atoms with Crippen LogP contribution in [-0.4, -0.2) is 35.6 Å². The summed E-state index contributed by atoms with van der Waals surface area (Å²) in [6.07, 6.45) is 5.60. The second-order valence-corrected chi connectivity index (χ2v) is 6.94. The molecule has 0 saturated carbocycles. The molecule has 0 unspecified atom stereocenters. The van der Waals surface area contributed by atoms with E-state index in [2.05, 4.69) is 4.99 Å². The summed E-state index contributed by atoms with van der Waals surface area (Å²) in [6.45, 7) is 2.10. The average Bonchev–Trinajstić information content (AvgIpc) is 2.97. The first-order valence-electron chi connectivity index (χ1n) is 8.83. The molecule has 142 valence electrons. The molecule has 1 heterocycles. The third-order valence-electron chi connectivity index (χ3n) is 3.94. The minimum atomic E-state index is -0.361. The van der Waals surface area contributed by atoms with Crippen LogP contribution in [0.2, 0.25) is 0 Å². The van der Waals surface area contributed by atoms with Crippen molar-refractivity contribution in [2.75, 3.05) is 13.7 Å². The summed E-state index contributed by atoms with van der Waals surface area (Å²) in [6, 6.07) is 16.7. The number of carbonyl (C=O) groups excluding carboxylic acids is 2. The van der Waals surface area contributed by atoms with Crippen molar-refractivity contribution in [3.63, 3.8) is 0 Å². The topological polar surface area (TPSA) is 59.0 Å². The predicted octanol–water partition coefficient (Wildman–Crippen LogP) is 4.65. The summed E-state index contributed by atoms with van der Waals surface area (Å²) in [7, 11) is 1.70. The van der Waals surface area contributed by atoms with Crippen molar-refractivity contribution in [1.29, 1.82) is 0 Å². The van der Waals surface area contributed by atoms with Crippen molar-refractivity contribution in [3.05, 3.63) is 82.8 Å². The van der Waals surface area contributed by atoms with Gasteiger partial charge < -0.3 is 4.74 Å². The van der Waals surface area contributed by atoms with Crippen LogP contribution in [0.1, 0.15) is 22.8 Å². The van der Waals surface area contributed by atoms with Crippen LogP contribution in [0.5, 0.6) is 0 Å². The van der Waals surface area contributed by atoms with Crippen LogP contribution in [0.15, 0.2) is 76.6 Å². The number of benzene rings is 2. The lowest BCUT2D eigenvalue weighted by Gasteiger charge is -2.07. The molecule has 1 aliphatic heterocycles. The number of esters is 1. The van der Waals surface area contributed by atoms with Gasteiger partial charge in [-0.05, 0) is 54.6 Å². The van der Waals surface area contributed by atoms with Crippen LogP contribution in [0.25, 0.3) is 6.08 Å². The van der Waals surface area contributed by atoms with E-state index in [1.807, 2.05) is 42.5 Å². The van der Waals surface area contributed by atoms with Crippen molar-refractivity contribution < 1.29 is 14.3 Å². The van der Waals surface area contributed by atoms with E-state index in [1.54, 1.807) is 44.3 Å². The minimum Gasteiger partial charge on any atom is -0.462 e. The Labute approximate surface area is 168 Å². The first-order valence-corrected chi connectivity index (χ1v) is 9.65. The molecule has 1 aliphatic rings. The molecule has 28 heavy (non-hydrogen) atoms. The van der Waals surface area contributed by atoms with Gasteiger partial charge in [-0.25, -0.2) is 9.79 Å². The number of nitrogens with zero attached hydrogens (tertiary/aromatic N) is 2. The van der Waals surface area contributed by atoms with Crippen molar-refractivity contribution >= 4 is 40.6 Å². The lowest BCUT2D eigenvalue weighted by Crippen LogP contribution is -2.23. The molecule has 3 rings (SSSR count). The van der Waals surface area contributed by atoms with Crippen LogP contribution >= 0.6 is 11.8 Å². The highest BCUT2D eigenvalue weighted by Gasteiger charge is 2.29. The van der Waals surface area contributed by atoms with Gasteiger partial charge in [0.1, 0.15) is 0 Å². The summed E-state index contributed by atoms with van der Waals surface area (Å²) in [5.41, 5.74) is 2.20. The molecule has 2 aromatic carbocycles. The van der Waals surface area contributed by atoms with Crippen LogP contribution in [0, 0.1) is 0 Å². The SMILES string of the molecule is CCOC(=O)c1ccc(N=C2SC(=CC=Cc3ccccc3)C(=O)N2C)cc1. The zero-order chi connectivity index (χ0) is 19.9. The van der Waals surface area contributed by atoms with Gasteiger partial charge in [-0.15, -0.1) is 0 Å². The number of hydrogen-bond acceptors (Lipinski definition) is 5.